The van der Waals surface area contributed by atoms with Crippen LogP contribution in [0.1, 0.15) is 64.2 Å². The first-order chi connectivity index (χ1) is 9.86. The van der Waals surface area contributed by atoms with Gasteiger partial charge in [0, 0.05) is 12.0 Å². The lowest BCUT2D eigenvalue weighted by molar-refractivity contribution is -0.128. The maximum Gasteiger partial charge on any atom is 0.153 e. The van der Waals surface area contributed by atoms with Crippen LogP contribution in [0.4, 0.5) is 0 Å². The van der Waals surface area contributed by atoms with Crippen molar-refractivity contribution in [1.82, 2.24) is 10.2 Å². The molecule has 0 bridgehead atoms. The topological polar surface area (TPSA) is 32.3 Å². The van der Waals surface area contributed by atoms with Crippen molar-refractivity contribution in [3.05, 3.63) is 0 Å². The predicted octanol–water partition coefficient (Wildman–Crippen LogP) is 2.74. The van der Waals surface area contributed by atoms with E-state index in [-0.39, 0.29) is 6.04 Å². The lowest BCUT2D eigenvalue weighted by Crippen LogP contribution is -2.49. The number of ketones is 1. The SMILES string of the molecule is O=C(C1CCCCCC1)C1CCCN1C1CCNCC1. The fourth-order valence-corrected chi connectivity index (χ4v) is 4.51. The van der Waals surface area contributed by atoms with Crippen molar-refractivity contribution < 1.29 is 4.79 Å². The van der Waals surface area contributed by atoms with Crippen LogP contribution in [0.15, 0.2) is 0 Å². The van der Waals surface area contributed by atoms with Crippen LogP contribution in [0.5, 0.6) is 0 Å². The van der Waals surface area contributed by atoms with E-state index in [1.807, 2.05) is 0 Å². The molecule has 3 heteroatoms. The van der Waals surface area contributed by atoms with E-state index in [1.165, 1.54) is 44.9 Å². The molecule has 2 saturated heterocycles. The highest BCUT2D eigenvalue weighted by molar-refractivity contribution is 5.86. The third-order valence-electron chi connectivity index (χ3n) is 5.66. The molecule has 1 saturated carbocycles. The smallest absolute Gasteiger partial charge is 0.153 e. The van der Waals surface area contributed by atoms with Gasteiger partial charge in [-0.05, 0) is 58.2 Å². The molecular formula is C17H30N2O. The van der Waals surface area contributed by atoms with Crippen molar-refractivity contribution in [2.75, 3.05) is 19.6 Å². The van der Waals surface area contributed by atoms with Gasteiger partial charge in [0.25, 0.3) is 0 Å². The zero-order valence-electron chi connectivity index (χ0n) is 12.8. The summed E-state index contributed by atoms with van der Waals surface area (Å²) in [7, 11) is 0. The van der Waals surface area contributed by atoms with Crippen molar-refractivity contribution in [3.63, 3.8) is 0 Å². The van der Waals surface area contributed by atoms with Crippen LogP contribution >= 0.6 is 0 Å². The van der Waals surface area contributed by atoms with E-state index in [4.69, 9.17) is 0 Å². The predicted molar refractivity (Wildman–Crippen MR) is 81.8 cm³/mol. The van der Waals surface area contributed by atoms with Gasteiger partial charge in [-0.3, -0.25) is 9.69 Å². The molecule has 1 N–H and O–H groups in total. The molecule has 0 aromatic rings. The molecule has 0 radical (unpaired) electrons. The van der Waals surface area contributed by atoms with Gasteiger partial charge in [-0.15, -0.1) is 0 Å². The number of nitrogens with zero attached hydrogens (tertiary/aromatic N) is 1. The monoisotopic (exact) mass is 278 g/mol. The number of rotatable bonds is 3. The Hall–Kier alpha value is -0.410. The standard InChI is InChI=1S/C17H30N2O/c20-17(14-6-3-1-2-4-7-14)16-8-5-13-19(16)15-9-11-18-12-10-15/h14-16,18H,1-13H2. The highest BCUT2D eigenvalue weighted by Crippen LogP contribution is 2.31. The molecule has 3 rings (SSSR count). The number of carbonyl (C=O) groups is 1. The second-order valence-electron chi connectivity index (χ2n) is 6.97. The molecule has 114 valence electrons. The van der Waals surface area contributed by atoms with Crippen molar-refractivity contribution in [2.45, 2.75) is 76.3 Å². The number of hydrogen-bond donors (Lipinski definition) is 1. The summed E-state index contributed by atoms with van der Waals surface area (Å²) in [5.41, 5.74) is 0. The molecule has 0 amide bonds. The molecular weight excluding hydrogens is 248 g/mol. The van der Waals surface area contributed by atoms with Gasteiger partial charge in [0.1, 0.15) is 0 Å². The van der Waals surface area contributed by atoms with E-state index in [0.29, 0.717) is 17.7 Å². The highest BCUT2D eigenvalue weighted by atomic mass is 16.1. The van der Waals surface area contributed by atoms with Gasteiger partial charge in [0.05, 0.1) is 6.04 Å². The number of carbonyl (C=O) groups excluding carboxylic acids is 1. The van der Waals surface area contributed by atoms with Gasteiger partial charge in [0.15, 0.2) is 5.78 Å². The Morgan fingerprint density at radius 3 is 2.25 bits per heavy atom. The summed E-state index contributed by atoms with van der Waals surface area (Å²) >= 11 is 0. The largest absolute Gasteiger partial charge is 0.317 e. The molecule has 20 heavy (non-hydrogen) atoms. The van der Waals surface area contributed by atoms with Crippen LogP contribution in [0.25, 0.3) is 0 Å². The first-order valence-electron chi connectivity index (χ1n) is 8.86. The average molecular weight is 278 g/mol. The highest BCUT2D eigenvalue weighted by Gasteiger charge is 2.38. The quantitative estimate of drug-likeness (QED) is 0.806. The number of nitrogens with one attached hydrogen (secondary N) is 1. The Bertz CT molecular complexity index is 317. The van der Waals surface area contributed by atoms with Gasteiger partial charge >= 0.3 is 0 Å². The van der Waals surface area contributed by atoms with Crippen LogP contribution in [0.2, 0.25) is 0 Å². The van der Waals surface area contributed by atoms with Crippen LogP contribution in [0, 0.1) is 5.92 Å². The zero-order valence-corrected chi connectivity index (χ0v) is 12.8. The van der Waals surface area contributed by atoms with Crippen molar-refractivity contribution in [1.29, 1.82) is 0 Å². The number of piperidine rings is 1. The molecule has 0 spiro atoms. The number of Topliss-reactive ketones (excluding diaryl/α,β-unsaturated/α-hetero) is 1. The van der Waals surface area contributed by atoms with Gasteiger partial charge < -0.3 is 5.32 Å². The summed E-state index contributed by atoms with van der Waals surface area (Å²) in [6.07, 6.45) is 12.4. The Morgan fingerprint density at radius 1 is 0.850 bits per heavy atom. The molecule has 2 heterocycles. The fourth-order valence-electron chi connectivity index (χ4n) is 4.51. The second kappa shape index (κ2) is 7.04. The van der Waals surface area contributed by atoms with E-state index in [0.717, 1.165) is 38.9 Å². The Kier molecular flexibility index (Phi) is 5.11. The molecule has 3 aliphatic rings. The molecule has 0 aromatic heterocycles. The number of likely N-dealkylation sites (tertiary alicyclic amines) is 1. The zero-order chi connectivity index (χ0) is 13.8. The lowest BCUT2D eigenvalue weighted by Gasteiger charge is -2.36. The minimum absolute atomic E-state index is 0.265. The molecule has 3 fully saturated rings. The van der Waals surface area contributed by atoms with E-state index < -0.39 is 0 Å². The molecule has 1 atom stereocenters. The average Bonchev–Trinajstić information content (AvgIpc) is 2.82. The summed E-state index contributed by atoms with van der Waals surface area (Å²) in [5, 5.41) is 3.44. The summed E-state index contributed by atoms with van der Waals surface area (Å²) in [4.78, 5) is 15.5. The molecule has 3 nitrogen and oxygen atoms in total. The van der Waals surface area contributed by atoms with Crippen LogP contribution in [-0.4, -0.2) is 42.4 Å². The molecule has 1 aliphatic carbocycles. The van der Waals surface area contributed by atoms with Crippen molar-refractivity contribution >= 4 is 5.78 Å². The van der Waals surface area contributed by atoms with Gasteiger partial charge in [0.2, 0.25) is 0 Å². The van der Waals surface area contributed by atoms with Crippen LogP contribution in [-0.2, 0) is 4.79 Å². The third-order valence-corrected chi connectivity index (χ3v) is 5.66. The van der Waals surface area contributed by atoms with E-state index >= 15 is 0 Å². The Balaban J connectivity index is 1.62. The minimum Gasteiger partial charge on any atom is -0.317 e. The van der Waals surface area contributed by atoms with Gasteiger partial charge in [-0.1, -0.05) is 25.7 Å². The first kappa shape index (κ1) is 14.5. The Labute approximate surface area is 123 Å². The van der Waals surface area contributed by atoms with E-state index in [2.05, 4.69) is 10.2 Å². The maximum atomic E-state index is 12.9. The van der Waals surface area contributed by atoms with Crippen LogP contribution < -0.4 is 5.32 Å². The van der Waals surface area contributed by atoms with E-state index in [9.17, 15) is 4.79 Å². The second-order valence-corrected chi connectivity index (χ2v) is 6.97. The molecule has 0 aromatic carbocycles. The maximum absolute atomic E-state index is 12.9. The summed E-state index contributed by atoms with van der Waals surface area (Å²) in [5.74, 6) is 0.979. The third kappa shape index (κ3) is 3.25. The van der Waals surface area contributed by atoms with E-state index in [1.54, 1.807) is 0 Å². The summed E-state index contributed by atoms with van der Waals surface area (Å²) in [6, 6.07) is 0.930. The lowest BCUT2D eigenvalue weighted by atomic mass is 9.89. The van der Waals surface area contributed by atoms with Gasteiger partial charge in [-0.2, -0.15) is 0 Å². The summed E-state index contributed by atoms with van der Waals surface area (Å²) in [6.45, 7) is 3.42. The van der Waals surface area contributed by atoms with Gasteiger partial charge in [-0.25, -0.2) is 0 Å². The first-order valence-corrected chi connectivity index (χ1v) is 8.86. The van der Waals surface area contributed by atoms with Crippen molar-refractivity contribution in [3.8, 4) is 0 Å². The minimum atomic E-state index is 0.265. The van der Waals surface area contributed by atoms with Crippen LogP contribution in [0.3, 0.4) is 0 Å². The fraction of sp³-hybridized carbons (Fsp3) is 0.941. The normalized spacial score (nSPS) is 31.3. The number of hydrogen-bond acceptors (Lipinski definition) is 3. The summed E-state index contributed by atoms with van der Waals surface area (Å²) < 4.78 is 0. The Morgan fingerprint density at radius 2 is 1.55 bits per heavy atom. The molecule has 1 unspecified atom stereocenters. The van der Waals surface area contributed by atoms with Crippen molar-refractivity contribution in [2.24, 2.45) is 5.92 Å². The molecule has 2 aliphatic heterocycles.